The zero-order valence-electron chi connectivity index (χ0n) is 12.2. The van der Waals surface area contributed by atoms with Crippen molar-refractivity contribution in [2.75, 3.05) is 26.2 Å². The van der Waals surface area contributed by atoms with E-state index in [0.717, 1.165) is 12.8 Å². The van der Waals surface area contributed by atoms with Gasteiger partial charge in [-0.1, -0.05) is 27.2 Å². The topological polar surface area (TPSA) is 69.6 Å². The Morgan fingerprint density at radius 2 is 1.95 bits per heavy atom. The minimum atomic E-state index is -0.153. The number of nitrogens with one attached hydrogen (secondary N) is 1. The number of carbonyl (C=O) groups is 2. The summed E-state index contributed by atoms with van der Waals surface area (Å²) >= 11 is 0. The van der Waals surface area contributed by atoms with Gasteiger partial charge in [-0.05, 0) is 12.3 Å². The molecule has 1 rings (SSSR count). The molecule has 5 nitrogen and oxygen atoms in total. The number of hydrogen-bond acceptors (Lipinski definition) is 4. The van der Waals surface area contributed by atoms with Crippen LogP contribution in [0.3, 0.4) is 0 Å². The second-order valence-corrected chi connectivity index (χ2v) is 5.23. The Balaban J connectivity index is 2.68. The van der Waals surface area contributed by atoms with Crippen molar-refractivity contribution < 1.29 is 14.7 Å². The van der Waals surface area contributed by atoms with Gasteiger partial charge in [0.2, 0.25) is 11.8 Å². The highest BCUT2D eigenvalue weighted by Crippen LogP contribution is 2.35. The van der Waals surface area contributed by atoms with Gasteiger partial charge in [-0.3, -0.25) is 14.5 Å². The monoisotopic (exact) mass is 270 g/mol. The first-order valence-corrected chi connectivity index (χ1v) is 7.25. The lowest BCUT2D eigenvalue weighted by atomic mass is 9.81. The molecule has 0 aromatic carbocycles. The van der Waals surface area contributed by atoms with E-state index in [4.69, 9.17) is 5.11 Å². The average Bonchev–Trinajstić information content (AvgIpc) is 2.65. The van der Waals surface area contributed by atoms with Gasteiger partial charge >= 0.3 is 0 Å². The van der Waals surface area contributed by atoms with E-state index in [1.54, 1.807) is 0 Å². The van der Waals surface area contributed by atoms with Crippen molar-refractivity contribution in [2.24, 2.45) is 17.8 Å². The van der Waals surface area contributed by atoms with Gasteiger partial charge in [0.15, 0.2) is 0 Å². The maximum atomic E-state index is 12.4. The minimum absolute atomic E-state index is 0.0167. The van der Waals surface area contributed by atoms with Crippen LogP contribution in [0.25, 0.3) is 0 Å². The SMILES string of the molecule is CCC(C)C1C(=O)N(CCNCCO)C(=O)C1CC. The van der Waals surface area contributed by atoms with Crippen molar-refractivity contribution in [1.82, 2.24) is 10.2 Å². The normalized spacial score (nSPS) is 25.2. The largest absolute Gasteiger partial charge is 0.395 e. The van der Waals surface area contributed by atoms with Gasteiger partial charge in [-0.2, -0.15) is 0 Å². The molecule has 2 amide bonds. The van der Waals surface area contributed by atoms with Crippen LogP contribution in [0.5, 0.6) is 0 Å². The first kappa shape index (κ1) is 16.1. The Kier molecular flexibility index (Phi) is 6.45. The van der Waals surface area contributed by atoms with Crippen molar-refractivity contribution in [2.45, 2.75) is 33.6 Å². The number of hydrogen-bond donors (Lipinski definition) is 2. The van der Waals surface area contributed by atoms with Crippen LogP contribution in [-0.4, -0.2) is 48.1 Å². The van der Waals surface area contributed by atoms with Crippen LogP contribution in [0.1, 0.15) is 33.6 Å². The summed E-state index contributed by atoms with van der Waals surface area (Å²) in [6, 6.07) is 0. The van der Waals surface area contributed by atoms with Crippen molar-refractivity contribution in [3.63, 3.8) is 0 Å². The molecule has 0 aromatic rings. The molecule has 1 aliphatic rings. The molecule has 0 aromatic heterocycles. The standard InChI is InChI=1S/C14H26N2O3/c1-4-10(3)12-11(5-2)13(18)16(14(12)19)8-6-15-7-9-17/h10-12,15,17H,4-9H2,1-3H3. The van der Waals surface area contributed by atoms with Gasteiger partial charge in [0.1, 0.15) is 0 Å². The van der Waals surface area contributed by atoms with Crippen LogP contribution in [-0.2, 0) is 9.59 Å². The molecule has 1 fully saturated rings. The number of amides is 2. The van der Waals surface area contributed by atoms with Crippen molar-refractivity contribution in [3.8, 4) is 0 Å². The van der Waals surface area contributed by atoms with Gasteiger partial charge < -0.3 is 10.4 Å². The number of nitrogens with zero attached hydrogens (tertiary/aromatic N) is 1. The molecular formula is C14H26N2O3. The summed E-state index contributed by atoms with van der Waals surface area (Å²) in [6.45, 7) is 7.57. The summed E-state index contributed by atoms with van der Waals surface area (Å²) in [6.07, 6.45) is 1.64. The minimum Gasteiger partial charge on any atom is -0.395 e. The predicted octanol–water partition coefficient (Wildman–Crippen LogP) is 0.626. The molecule has 110 valence electrons. The Hall–Kier alpha value is -0.940. The van der Waals surface area contributed by atoms with E-state index < -0.39 is 0 Å². The molecule has 0 spiro atoms. The van der Waals surface area contributed by atoms with Gasteiger partial charge in [0.05, 0.1) is 18.4 Å². The third-order valence-corrected chi connectivity index (χ3v) is 4.07. The van der Waals surface area contributed by atoms with Gasteiger partial charge in [-0.25, -0.2) is 0 Å². The van der Waals surface area contributed by atoms with Crippen LogP contribution in [0.15, 0.2) is 0 Å². The molecule has 1 heterocycles. The first-order chi connectivity index (χ1) is 9.08. The summed E-state index contributed by atoms with van der Waals surface area (Å²) in [5, 5.41) is 11.7. The summed E-state index contributed by atoms with van der Waals surface area (Å²) in [5.74, 6) is -0.0990. The van der Waals surface area contributed by atoms with E-state index in [0.29, 0.717) is 19.6 Å². The second kappa shape index (κ2) is 7.60. The lowest BCUT2D eigenvalue weighted by Crippen LogP contribution is -2.38. The fraction of sp³-hybridized carbons (Fsp3) is 0.857. The summed E-state index contributed by atoms with van der Waals surface area (Å²) in [5.41, 5.74) is 0. The third-order valence-electron chi connectivity index (χ3n) is 4.07. The maximum absolute atomic E-state index is 12.4. The van der Waals surface area contributed by atoms with Crippen molar-refractivity contribution >= 4 is 11.8 Å². The Morgan fingerprint density at radius 1 is 1.26 bits per heavy atom. The third kappa shape index (κ3) is 3.54. The highest BCUT2D eigenvalue weighted by molar-refractivity contribution is 6.05. The highest BCUT2D eigenvalue weighted by atomic mass is 16.3. The number of rotatable bonds is 8. The predicted molar refractivity (Wildman–Crippen MR) is 73.4 cm³/mol. The molecule has 3 atom stereocenters. The molecule has 19 heavy (non-hydrogen) atoms. The quantitative estimate of drug-likeness (QED) is 0.501. The van der Waals surface area contributed by atoms with Crippen LogP contribution >= 0.6 is 0 Å². The Morgan fingerprint density at radius 3 is 2.47 bits per heavy atom. The fourth-order valence-corrected chi connectivity index (χ4v) is 2.75. The summed E-state index contributed by atoms with van der Waals surface area (Å²) < 4.78 is 0. The smallest absolute Gasteiger partial charge is 0.233 e. The van der Waals surface area contributed by atoms with E-state index in [2.05, 4.69) is 12.2 Å². The molecule has 2 N–H and O–H groups in total. The summed E-state index contributed by atoms with van der Waals surface area (Å²) in [7, 11) is 0. The maximum Gasteiger partial charge on any atom is 0.233 e. The zero-order chi connectivity index (χ0) is 14.4. The fourth-order valence-electron chi connectivity index (χ4n) is 2.75. The van der Waals surface area contributed by atoms with Crippen molar-refractivity contribution in [1.29, 1.82) is 0 Å². The second-order valence-electron chi connectivity index (χ2n) is 5.23. The number of aliphatic hydroxyl groups is 1. The van der Waals surface area contributed by atoms with Gasteiger partial charge in [0, 0.05) is 19.6 Å². The molecule has 0 bridgehead atoms. The Bertz CT molecular complexity index is 320. The average molecular weight is 270 g/mol. The molecule has 5 heteroatoms. The molecule has 0 aliphatic carbocycles. The highest BCUT2D eigenvalue weighted by Gasteiger charge is 2.47. The number of imide groups is 1. The van der Waals surface area contributed by atoms with E-state index in [9.17, 15) is 9.59 Å². The van der Waals surface area contributed by atoms with E-state index in [1.165, 1.54) is 4.90 Å². The van der Waals surface area contributed by atoms with Crippen LogP contribution in [0.4, 0.5) is 0 Å². The van der Waals surface area contributed by atoms with E-state index in [1.807, 2.05) is 13.8 Å². The lowest BCUT2D eigenvalue weighted by molar-refractivity contribution is -0.140. The molecule has 1 aliphatic heterocycles. The van der Waals surface area contributed by atoms with E-state index in [-0.39, 0.29) is 36.2 Å². The number of carbonyl (C=O) groups excluding carboxylic acids is 2. The van der Waals surface area contributed by atoms with Crippen molar-refractivity contribution in [3.05, 3.63) is 0 Å². The molecular weight excluding hydrogens is 244 g/mol. The number of likely N-dealkylation sites (tertiary alicyclic amines) is 1. The van der Waals surface area contributed by atoms with E-state index >= 15 is 0 Å². The van der Waals surface area contributed by atoms with Crippen LogP contribution in [0.2, 0.25) is 0 Å². The van der Waals surface area contributed by atoms with Gasteiger partial charge in [0.25, 0.3) is 0 Å². The molecule has 0 radical (unpaired) electrons. The van der Waals surface area contributed by atoms with Crippen LogP contribution in [0, 0.1) is 17.8 Å². The lowest BCUT2D eigenvalue weighted by Gasteiger charge is -2.19. The Labute approximate surface area is 115 Å². The number of aliphatic hydroxyl groups excluding tert-OH is 1. The first-order valence-electron chi connectivity index (χ1n) is 7.25. The van der Waals surface area contributed by atoms with Gasteiger partial charge in [-0.15, -0.1) is 0 Å². The molecule has 0 saturated carbocycles. The molecule has 1 saturated heterocycles. The summed E-state index contributed by atoms with van der Waals surface area (Å²) in [4.78, 5) is 26.0. The molecule has 3 unspecified atom stereocenters. The zero-order valence-corrected chi connectivity index (χ0v) is 12.2. The van der Waals surface area contributed by atoms with Crippen LogP contribution < -0.4 is 5.32 Å².